The molecule has 1 amide bonds. The summed E-state index contributed by atoms with van der Waals surface area (Å²) < 4.78 is 13.8. The van der Waals surface area contributed by atoms with Crippen molar-refractivity contribution in [2.75, 3.05) is 12.4 Å². The maximum atomic E-state index is 13.4. The Labute approximate surface area is 125 Å². The maximum absolute atomic E-state index is 13.4. The minimum Gasteiger partial charge on any atom is -0.381 e. The number of carbonyl (C=O) groups excluding carboxylic acids is 1. The summed E-state index contributed by atoms with van der Waals surface area (Å²) in [4.78, 5) is 11.4. The Morgan fingerprint density at radius 2 is 1.90 bits per heavy atom. The highest BCUT2D eigenvalue weighted by molar-refractivity contribution is 9.10. The van der Waals surface area contributed by atoms with E-state index in [0.717, 1.165) is 11.3 Å². The number of hydrogen-bond acceptors (Lipinski definition) is 2. The van der Waals surface area contributed by atoms with Gasteiger partial charge in [0.05, 0.1) is 4.47 Å². The Kier molecular flexibility index (Phi) is 4.74. The lowest BCUT2D eigenvalue weighted by Gasteiger charge is -2.08. The van der Waals surface area contributed by atoms with E-state index < -0.39 is 0 Å². The molecule has 0 aliphatic heterocycles. The van der Waals surface area contributed by atoms with E-state index >= 15 is 0 Å². The molecule has 0 spiro atoms. The molecule has 0 fully saturated rings. The summed E-state index contributed by atoms with van der Waals surface area (Å²) in [5.74, 6) is -0.397. The summed E-state index contributed by atoms with van der Waals surface area (Å²) in [6.07, 6.45) is 0. The van der Waals surface area contributed by atoms with Gasteiger partial charge < -0.3 is 10.6 Å². The lowest BCUT2D eigenvalue weighted by Crippen LogP contribution is -2.17. The second-order valence-electron chi connectivity index (χ2n) is 4.26. The molecule has 0 atom stereocenters. The Hall–Kier alpha value is -1.88. The average Bonchev–Trinajstić information content (AvgIpc) is 2.48. The number of carbonyl (C=O) groups is 1. The van der Waals surface area contributed by atoms with Crippen LogP contribution in [0.5, 0.6) is 0 Å². The quantitative estimate of drug-likeness (QED) is 0.896. The van der Waals surface area contributed by atoms with Crippen LogP contribution in [0.3, 0.4) is 0 Å². The van der Waals surface area contributed by atoms with E-state index in [4.69, 9.17) is 0 Å². The second-order valence-corrected chi connectivity index (χ2v) is 5.11. The third-order valence-electron chi connectivity index (χ3n) is 2.85. The minimum atomic E-state index is -0.278. The van der Waals surface area contributed by atoms with Gasteiger partial charge in [-0.25, -0.2) is 4.39 Å². The highest BCUT2D eigenvalue weighted by Gasteiger charge is 2.03. The molecule has 0 saturated heterocycles. The summed E-state index contributed by atoms with van der Waals surface area (Å²) in [6, 6.07) is 12.1. The van der Waals surface area contributed by atoms with Crippen molar-refractivity contribution in [3.8, 4) is 0 Å². The topological polar surface area (TPSA) is 41.1 Å². The third-order valence-corrected chi connectivity index (χ3v) is 3.50. The van der Waals surface area contributed by atoms with Gasteiger partial charge in [-0.3, -0.25) is 4.79 Å². The van der Waals surface area contributed by atoms with Crippen LogP contribution in [0, 0.1) is 5.82 Å². The fourth-order valence-corrected chi connectivity index (χ4v) is 1.98. The molecule has 2 aromatic carbocycles. The maximum Gasteiger partial charge on any atom is 0.251 e. The SMILES string of the molecule is CNC(=O)c1ccc(NCc2ccc(Br)c(F)c2)cc1. The Morgan fingerprint density at radius 1 is 1.20 bits per heavy atom. The highest BCUT2D eigenvalue weighted by Crippen LogP contribution is 2.17. The van der Waals surface area contributed by atoms with Crippen molar-refractivity contribution in [2.45, 2.75) is 6.54 Å². The molecule has 3 nitrogen and oxygen atoms in total. The molecule has 5 heteroatoms. The molecule has 0 aliphatic rings. The van der Waals surface area contributed by atoms with Gasteiger partial charge in [0, 0.05) is 24.8 Å². The zero-order chi connectivity index (χ0) is 14.5. The number of rotatable bonds is 4. The van der Waals surface area contributed by atoms with Crippen LogP contribution in [0.2, 0.25) is 0 Å². The van der Waals surface area contributed by atoms with E-state index in [-0.39, 0.29) is 11.7 Å². The average molecular weight is 337 g/mol. The van der Waals surface area contributed by atoms with Crippen LogP contribution < -0.4 is 10.6 Å². The molecule has 104 valence electrons. The first kappa shape index (κ1) is 14.5. The van der Waals surface area contributed by atoms with Crippen molar-refractivity contribution in [1.82, 2.24) is 5.32 Å². The van der Waals surface area contributed by atoms with Gasteiger partial charge in [-0.05, 0) is 57.9 Å². The van der Waals surface area contributed by atoms with Gasteiger partial charge >= 0.3 is 0 Å². The van der Waals surface area contributed by atoms with Gasteiger partial charge in [0.1, 0.15) is 5.82 Å². The van der Waals surface area contributed by atoms with Crippen molar-refractivity contribution in [1.29, 1.82) is 0 Å². The van der Waals surface area contributed by atoms with Crippen LogP contribution in [0.15, 0.2) is 46.9 Å². The predicted octanol–water partition coefficient (Wildman–Crippen LogP) is 3.56. The number of hydrogen-bond donors (Lipinski definition) is 2. The van der Waals surface area contributed by atoms with Crippen LogP contribution in [-0.4, -0.2) is 13.0 Å². The second kappa shape index (κ2) is 6.52. The Balaban J connectivity index is 2.00. The van der Waals surface area contributed by atoms with E-state index in [9.17, 15) is 9.18 Å². The summed E-state index contributed by atoms with van der Waals surface area (Å²) >= 11 is 3.12. The Bertz CT molecular complexity index is 614. The summed E-state index contributed by atoms with van der Waals surface area (Å²) in [6.45, 7) is 0.517. The smallest absolute Gasteiger partial charge is 0.251 e. The highest BCUT2D eigenvalue weighted by atomic mass is 79.9. The monoisotopic (exact) mass is 336 g/mol. The van der Waals surface area contributed by atoms with E-state index in [1.807, 2.05) is 18.2 Å². The normalized spacial score (nSPS) is 10.2. The van der Waals surface area contributed by atoms with Crippen molar-refractivity contribution >= 4 is 27.5 Å². The number of anilines is 1. The first-order valence-corrected chi connectivity index (χ1v) is 6.89. The van der Waals surface area contributed by atoms with Crippen molar-refractivity contribution in [3.05, 3.63) is 63.9 Å². The third kappa shape index (κ3) is 3.57. The number of halogens is 2. The molecule has 2 N–H and O–H groups in total. The molecule has 0 heterocycles. The fourth-order valence-electron chi connectivity index (χ4n) is 1.74. The molecular formula is C15H14BrFN2O. The van der Waals surface area contributed by atoms with E-state index in [1.54, 1.807) is 25.2 Å². The first-order valence-electron chi connectivity index (χ1n) is 6.10. The molecule has 20 heavy (non-hydrogen) atoms. The van der Waals surface area contributed by atoms with Crippen molar-refractivity contribution in [2.24, 2.45) is 0 Å². The lowest BCUT2D eigenvalue weighted by molar-refractivity contribution is 0.0963. The van der Waals surface area contributed by atoms with Crippen LogP contribution in [0.4, 0.5) is 10.1 Å². The fraction of sp³-hybridized carbons (Fsp3) is 0.133. The molecule has 0 bridgehead atoms. The van der Waals surface area contributed by atoms with Gasteiger partial charge in [-0.1, -0.05) is 6.07 Å². The van der Waals surface area contributed by atoms with E-state index in [2.05, 4.69) is 26.6 Å². The van der Waals surface area contributed by atoms with Crippen LogP contribution in [0.25, 0.3) is 0 Å². The zero-order valence-corrected chi connectivity index (χ0v) is 12.5. The molecule has 2 rings (SSSR count). The Morgan fingerprint density at radius 3 is 2.50 bits per heavy atom. The number of nitrogens with one attached hydrogen (secondary N) is 2. The molecule has 2 aromatic rings. The summed E-state index contributed by atoms with van der Waals surface area (Å²) in [5.41, 5.74) is 2.33. The van der Waals surface area contributed by atoms with E-state index in [0.29, 0.717) is 16.6 Å². The molecular weight excluding hydrogens is 323 g/mol. The van der Waals surface area contributed by atoms with Crippen molar-refractivity contribution < 1.29 is 9.18 Å². The van der Waals surface area contributed by atoms with Gasteiger partial charge in [-0.15, -0.1) is 0 Å². The van der Waals surface area contributed by atoms with Gasteiger partial charge in [0.25, 0.3) is 5.91 Å². The predicted molar refractivity (Wildman–Crippen MR) is 81.3 cm³/mol. The minimum absolute atomic E-state index is 0.119. The molecule has 0 unspecified atom stereocenters. The molecule has 0 aromatic heterocycles. The van der Waals surface area contributed by atoms with Gasteiger partial charge in [-0.2, -0.15) is 0 Å². The van der Waals surface area contributed by atoms with Crippen LogP contribution >= 0.6 is 15.9 Å². The van der Waals surface area contributed by atoms with E-state index in [1.165, 1.54) is 6.07 Å². The van der Waals surface area contributed by atoms with Crippen molar-refractivity contribution in [3.63, 3.8) is 0 Å². The molecule has 0 radical (unpaired) electrons. The molecule has 0 aliphatic carbocycles. The number of amides is 1. The summed E-state index contributed by atoms with van der Waals surface area (Å²) in [5, 5.41) is 5.74. The van der Waals surface area contributed by atoms with Gasteiger partial charge in [0.15, 0.2) is 0 Å². The standard InChI is InChI=1S/C15H14BrFN2O/c1-18-15(20)11-3-5-12(6-4-11)19-9-10-2-7-13(16)14(17)8-10/h2-8,19H,9H2,1H3,(H,18,20). The largest absolute Gasteiger partial charge is 0.381 e. The lowest BCUT2D eigenvalue weighted by atomic mass is 10.2. The number of benzene rings is 2. The van der Waals surface area contributed by atoms with Gasteiger partial charge in [0.2, 0.25) is 0 Å². The van der Waals surface area contributed by atoms with Crippen LogP contribution in [-0.2, 0) is 6.54 Å². The summed E-state index contributed by atoms with van der Waals surface area (Å²) in [7, 11) is 1.59. The zero-order valence-electron chi connectivity index (χ0n) is 10.9. The van der Waals surface area contributed by atoms with Crippen LogP contribution in [0.1, 0.15) is 15.9 Å². The first-order chi connectivity index (χ1) is 9.60. The molecule has 0 saturated carbocycles.